The fraction of sp³-hybridized carbons (Fsp3) is 0. The Balaban J connectivity index is 0.902. The van der Waals surface area contributed by atoms with Crippen molar-refractivity contribution in [1.82, 2.24) is 19.5 Å². The molecule has 4 aromatic heterocycles. The van der Waals surface area contributed by atoms with E-state index in [1.54, 1.807) is 0 Å². The predicted octanol–water partition coefficient (Wildman–Crippen LogP) is 15.5. The average molecular weight is 817 g/mol. The van der Waals surface area contributed by atoms with Crippen molar-refractivity contribution in [2.75, 3.05) is 0 Å². The zero-order valence-corrected chi connectivity index (χ0v) is 34.5. The number of nitrogens with zero attached hydrogens (tertiary/aromatic N) is 4. The Labute approximate surface area is 368 Å². The van der Waals surface area contributed by atoms with Crippen LogP contribution in [0.25, 0.3) is 127 Å². The molecule has 298 valence electrons. The summed E-state index contributed by atoms with van der Waals surface area (Å²) in [5.74, 6) is 0.680. The van der Waals surface area contributed by atoms with Gasteiger partial charge in [0, 0.05) is 54.9 Å². The highest BCUT2D eigenvalue weighted by atomic mass is 16.3. The number of fused-ring (bicyclic) bond motifs is 10. The summed E-state index contributed by atoms with van der Waals surface area (Å²) in [4.78, 5) is 15.7. The molecule has 0 spiro atoms. The lowest BCUT2D eigenvalue weighted by molar-refractivity contribution is 0.669. The van der Waals surface area contributed by atoms with Gasteiger partial charge in [-0.1, -0.05) is 170 Å². The fourth-order valence-electron chi connectivity index (χ4n) is 9.59. The van der Waals surface area contributed by atoms with Gasteiger partial charge < -0.3 is 8.98 Å². The molecule has 13 aromatic rings. The largest absolute Gasteiger partial charge is 0.454 e. The first-order valence-electron chi connectivity index (χ1n) is 21.6. The second-order valence-corrected chi connectivity index (χ2v) is 16.3. The van der Waals surface area contributed by atoms with Gasteiger partial charge in [-0.15, -0.1) is 0 Å². The van der Waals surface area contributed by atoms with Crippen LogP contribution < -0.4 is 0 Å². The summed E-state index contributed by atoms with van der Waals surface area (Å²) in [5, 5.41) is 8.12. The number of hydrogen-bond donors (Lipinski definition) is 0. The molecule has 0 radical (unpaired) electrons. The van der Waals surface area contributed by atoms with Crippen LogP contribution >= 0.6 is 0 Å². The SMILES string of the molecule is c1ccc(-c2nc(-c3ccc(-c4cccc(-c5nc6ccc7ccccc7c6c6c5oc5ccccc56)c4)cc3)cc(-c3cccc(-n4c5ccccc5c5ccccc54)c3)n2)cc1. The summed E-state index contributed by atoms with van der Waals surface area (Å²) >= 11 is 0. The van der Waals surface area contributed by atoms with Crippen LogP contribution in [0, 0.1) is 0 Å². The van der Waals surface area contributed by atoms with Crippen molar-refractivity contribution in [1.29, 1.82) is 0 Å². The Bertz CT molecular complexity index is 3900. The molecule has 5 heteroatoms. The monoisotopic (exact) mass is 816 g/mol. The molecule has 0 fully saturated rings. The third-order valence-electron chi connectivity index (χ3n) is 12.6. The number of furan rings is 1. The van der Waals surface area contributed by atoms with Gasteiger partial charge in [-0.3, -0.25) is 0 Å². The minimum Gasteiger partial charge on any atom is -0.454 e. The van der Waals surface area contributed by atoms with Gasteiger partial charge in [0.1, 0.15) is 11.3 Å². The topological polar surface area (TPSA) is 56.7 Å². The van der Waals surface area contributed by atoms with Crippen LogP contribution in [0.5, 0.6) is 0 Å². The van der Waals surface area contributed by atoms with Gasteiger partial charge in [0.2, 0.25) is 0 Å². The second kappa shape index (κ2) is 14.5. The lowest BCUT2D eigenvalue weighted by atomic mass is 9.96. The Hall–Kier alpha value is -8.67. The van der Waals surface area contributed by atoms with E-state index in [4.69, 9.17) is 19.4 Å². The molecule has 0 amide bonds. The van der Waals surface area contributed by atoms with Crippen LogP contribution in [0.4, 0.5) is 0 Å². The lowest BCUT2D eigenvalue weighted by Gasteiger charge is -2.13. The van der Waals surface area contributed by atoms with Gasteiger partial charge in [0.05, 0.1) is 27.9 Å². The number of benzene rings is 9. The van der Waals surface area contributed by atoms with Crippen molar-refractivity contribution in [3.63, 3.8) is 0 Å². The molecule has 4 heterocycles. The molecule has 0 N–H and O–H groups in total. The summed E-state index contributed by atoms with van der Waals surface area (Å²) in [6.45, 7) is 0. The van der Waals surface area contributed by atoms with E-state index in [0.717, 1.165) is 89.0 Å². The van der Waals surface area contributed by atoms with Gasteiger partial charge in [-0.2, -0.15) is 0 Å². The van der Waals surface area contributed by atoms with Gasteiger partial charge >= 0.3 is 0 Å². The number of hydrogen-bond acceptors (Lipinski definition) is 4. The van der Waals surface area contributed by atoms with E-state index in [-0.39, 0.29) is 0 Å². The van der Waals surface area contributed by atoms with E-state index in [1.165, 1.54) is 32.6 Å². The van der Waals surface area contributed by atoms with Crippen LogP contribution in [0.2, 0.25) is 0 Å². The Morgan fingerprint density at radius 2 is 0.969 bits per heavy atom. The molecule has 0 saturated carbocycles. The Morgan fingerprint density at radius 1 is 0.359 bits per heavy atom. The first kappa shape index (κ1) is 36.0. The molecule has 9 aromatic carbocycles. The highest BCUT2D eigenvalue weighted by Crippen LogP contribution is 2.42. The molecule has 0 aliphatic carbocycles. The Kier molecular flexibility index (Phi) is 8.15. The van der Waals surface area contributed by atoms with Gasteiger partial charge in [-0.25, -0.2) is 15.0 Å². The minimum atomic E-state index is 0.680. The molecule has 5 nitrogen and oxygen atoms in total. The summed E-state index contributed by atoms with van der Waals surface area (Å²) in [6.07, 6.45) is 0. The fourth-order valence-corrected chi connectivity index (χ4v) is 9.59. The summed E-state index contributed by atoms with van der Waals surface area (Å²) < 4.78 is 9.02. The molecule has 0 aliphatic heterocycles. The standard InChI is InChI=1S/C59H36N4O/c1-2-15-40(16-3-1)59-61-50(36-51(62-59)42-18-13-20-44(35-42)63-52-25-9-6-22-46(52)47-23-7-10-26-53(47)63)39-30-28-37(29-31-39)41-17-12-19-43(34-41)57-58-56(48-24-8-11-27-54(48)64-58)55-45-21-5-4-14-38(45)32-33-49(55)60-57/h1-36H. The molecule has 0 aliphatic rings. The van der Waals surface area contributed by atoms with E-state index < -0.39 is 0 Å². The summed E-state index contributed by atoms with van der Waals surface area (Å²) in [7, 11) is 0. The van der Waals surface area contributed by atoms with Crippen molar-refractivity contribution in [2.24, 2.45) is 0 Å². The molecule has 0 atom stereocenters. The molecular weight excluding hydrogens is 781 g/mol. The van der Waals surface area contributed by atoms with Crippen molar-refractivity contribution >= 4 is 65.4 Å². The van der Waals surface area contributed by atoms with Crippen molar-refractivity contribution in [2.45, 2.75) is 0 Å². The number of para-hydroxylation sites is 3. The molecular formula is C59H36N4O. The van der Waals surface area contributed by atoms with E-state index in [0.29, 0.717) is 5.82 Å². The van der Waals surface area contributed by atoms with E-state index >= 15 is 0 Å². The highest BCUT2D eigenvalue weighted by Gasteiger charge is 2.20. The maximum absolute atomic E-state index is 6.67. The zero-order valence-electron chi connectivity index (χ0n) is 34.5. The van der Waals surface area contributed by atoms with Gasteiger partial charge in [-0.05, 0) is 70.4 Å². The summed E-state index contributed by atoms with van der Waals surface area (Å²) in [5.41, 5.74) is 14.7. The third-order valence-corrected chi connectivity index (χ3v) is 12.6. The predicted molar refractivity (Wildman–Crippen MR) is 264 cm³/mol. The van der Waals surface area contributed by atoms with Crippen molar-refractivity contribution < 1.29 is 4.42 Å². The summed E-state index contributed by atoms with van der Waals surface area (Å²) in [6, 6.07) is 76.6. The zero-order chi connectivity index (χ0) is 42.1. The molecule has 0 bridgehead atoms. The molecule has 13 rings (SSSR count). The number of pyridine rings is 1. The van der Waals surface area contributed by atoms with Gasteiger partial charge in [0.15, 0.2) is 11.4 Å². The van der Waals surface area contributed by atoms with Crippen LogP contribution in [-0.2, 0) is 0 Å². The van der Waals surface area contributed by atoms with Crippen LogP contribution in [0.15, 0.2) is 223 Å². The quantitative estimate of drug-likeness (QED) is 0.157. The third kappa shape index (κ3) is 5.83. The Morgan fingerprint density at radius 3 is 1.77 bits per heavy atom. The lowest BCUT2D eigenvalue weighted by Crippen LogP contribution is -1.98. The van der Waals surface area contributed by atoms with E-state index in [1.807, 2.05) is 30.3 Å². The van der Waals surface area contributed by atoms with Crippen LogP contribution in [0.3, 0.4) is 0 Å². The van der Waals surface area contributed by atoms with Gasteiger partial charge in [0.25, 0.3) is 0 Å². The highest BCUT2D eigenvalue weighted by molar-refractivity contribution is 6.27. The normalized spacial score (nSPS) is 11.8. The maximum atomic E-state index is 6.67. The van der Waals surface area contributed by atoms with Crippen molar-refractivity contribution in [3.8, 4) is 62.0 Å². The second-order valence-electron chi connectivity index (χ2n) is 16.3. The molecule has 64 heavy (non-hydrogen) atoms. The maximum Gasteiger partial charge on any atom is 0.162 e. The first-order chi connectivity index (χ1) is 31.7. The van der Waals surface area contributed by atoms with Crippen LogP contribution in [0.1, 0.15) is 0 Å². The van der Waals surface area contributed by atoms with Crippen molar-refractivity contribution in [3.05, 3.63) is 218 Å². The first-order valence-corrected chi connectivity index (χ1v) is 21.6. The number of aromatic nitrogens is 4. The smallest absolute Gasteiger partial charge is 0.162 e. The number of rotatable bonds is 6. The van der Waals surface area contributed by atoms with Crippen LogP contribution in [-0.4, -0.2) is 19.5 Å². The minimum absolute atomic E-state index is 0.680. The molecule has 0 saturated heterocycles. The van der Waals surface area contributed by atoms with E-state index in [2.05, 4.69) is 193 Å². The average Bonchev–Trinajstić information content (AvgIpc) is 3.93. The molecule has 0 unspecified atom stereocenters. The van der Waals surface area contributed by atoms with E-state index in [9.17, 15) is 0 Å².